The summed E-state index contributed by atoms with van der Waals surface area (Å²) in [5.74, 6) is -0.318. The molecule has 0 radical (unpaired) electrons. The molecular formula is C14H19N3O2. The number of rotatable bonds is 3. The number of amides is 3. The van der Waals surface area contributed by atoms with Gasteiger partial charge in [0.2, 0.25) is 5.91 Å². The predicted molar refractivity (Wildman–Crippen MR) is 73.6 cm³/mol. The van der Waals surface area contributed by atoms with Crippen LogP contribution in [0.15, 0.2) is 24.3 Å². The Labute approximate surface area is 113 Å². The molecule has 1 atom stereocenters. The van der Waals surface area contributed by atoms with Crippen molar-refractivity contribution in [2.24, 2.45) is 11.7 Å². The van der Waals surface area contributed by atoms with Crippen molar-refractivity contribution in [1.82, 2.24) is 4.90 Å². The van der Waals surface area contributed by atoms with Gasteiger partial charge in [0, 0.05) is 19.6 Å². The maximum atomic E-state index is 12.3. The van der Waals surface area contributed by atoms with E-state index in [0.717, 1.165) is 5.56 Å². The number of urea groups is 1. The van der Waals surface area contributed by atoms with Gasteiger partial charge in [-0.05, 0) is 24.6 Å². The van der Waals surface area contributed by atoms with Gasteiger partial charge >= 0.3 is 6.03 Å². The minimum Gasteiger partial charge on any atom is -0.326 e. The van der Waals surface area contributed by atoms with Gasteiger partial charge in [-0.15, -0.1) is 0 Å². The number of carbonyl (C=O) groups is 2. The molecule has 1 aliphatic rings. The molecule has 1 heterocycles. The summed E-state index contributed by atoms with van der Waals surface area (Å²) < 4.78 is 0. The smallest absolute Gasteiger partial charge is 0.326 e. The Morgan fingerprint density at radius 1 is 1.26 bits per heavy atom. The third kappa shape index (κ3) is 2.46. The molecule has 1 unspecified atom stereocenters. The zero-order valence-corrected chi connectivity index (χ0v) is 11.3. The van der Waals surface area contributed by atoms with Crippen LogP contribution in [0.25, 0.3) is 0 Å². The number of imide groups is 1. The first kappa shape index (κ1) is 13.5. The van der Waals surface area contributed by atoms with E-state index in [2.05, 4.69) is 0 Å². The van der Waals surface area contributed by atoms with Gasteiger partial charge in [-0.3, -0.25) is 4.79 Å². The van der Waals surface area contributed by atoms with Crippen molar-refractivity contribution in [2.75, 3.05) is 18.0 Å². The Morgan fingerprint density at radius 3 is 2.42 bits per heavy atom. The summed E-state index contributed by atoms with van der Waals surface area (Å²) in [6.45, 7) is 5.30. The summed E-state index contributed by atoms with van der Waals surface area (Å²) in [6.07, 6.45) is 0. The largest absolute Gasteiger partial charge is 0.331 e. The Kier molecular flexibility index (Phi) is 3.85. The van der Waals surface area contributed by atoms with Gasteiger partial charge in [0.1, 0.15) is 0 Å². The van der Waals surface area contributed by atoms with Crippen LogP contribution in [0.2, 0.25) is 0 Å². The molecule has 0 aliphatic carbocycles. The molecule has 1 aliphatic heterocycles. The Morgan fingerprint density at radius 2 is 1.89 bits per heavy atom. The molecule has 0 saturated carbocycles. The average Bonchev–Trinajstić information content (AvgIpc) is 2.44. The SMILES string of the molecule is CCN1CC(C)C(=O)N(c2ccc(CN)cc2)C1=O. The molecule has 0 spiro atoms. The van der Waals surface area contributed by atoms with E-state index in [0.29, 0.717) is 25.3 Å². The number of anilines is 1. The highest BCUT2D eigenvalue weighted by atomic mass is 16.2. The first-order chi connectivity index (χ1) is 9.08. The van der Waals surface area contributed by atoms with E-state index in [1.54, 1.807) is 17.0 Å². The van der Waals surface area contributed by atoms with Crippen molar-refractivity contribution in [3.05, 3.63) is 29.8 Å². The molecule has 3 amide bonds. The number of nitrogens with two attached hydrogens (primary N) is 1. The fraction of sp³-hybridized carbons (Fsp3) is 0.429. The Balaban J connectivity index is 2.33. The summed E-state index contributed by atoms with van der Waals surface area (Å²) in [5.41, 5.74) is 7.12. The summed E-state index contributed by atoms with van der Waals surface area (Å²) in [6, 6.07) is 6.97. The number of hydrogen-bond acceptors (Lipinski definition) is 3. The molecular weight excluding hydrogens is 242 g/mol. The highest BCUT2D eigenvalue weighted by Crippen LogP contribution is 2.23. The van der Waals surface area contributed by atoms with Crippen LogP contribution in [0, 0.1) is 5.92 Å². The van der Waals surface area contributed by atoms with Gasteiger partial charge in [-0.1, -0.05) is 19.1 Å². The molecule has 5 nitrogen and oxygen atoms in total. The van der Waals surface area contributed by atoms with E-state index in [-0.39, 0.29) is 17.9 Å². The van der Waals surface area contributed by atoms with Crippen molar-refractivity contribution in [3.63, 3.8) is 0 Å². The second-order valence-corrected chi connectivity index (χ2v) is 4.77. The molecule has 0 aromatic heterocycles. The quantitative estimate of drug-likeness (QED) is 0.898. The lowest BCUT2D eigenvalue weighted by molar-refractivity contribution is -0.122. The van der Waals surface area contributed by atoms with Crippen molar-refractivity contribution < 1.29 is 9.59 Å². The summed E-state index contributed by atoms with van der Waals surface area (Å²) in [5, 5.41) is 0. The van der Waals surface area contributed by atoms with Crippen LogP contribution in [0.5, 0.6) is 0 Å². The standard InChI is InChI=1S/C14H19N3O2/c1-3-16-9-10(2)13(18)17(14(16)19)12-6-4-11(8-15)5-7-12/h4-7,10H,3,8-9,15H2,1-2H3. The summed E-state index contributed by atoms with van der Waals surface area (Å²) in [7, 11) is 0. The maximum Gasteiger partial charge on any atom is 0.331 e. The van der Waals surface area contributed by atoms with Crippen LogP contribution in [-0.4, -0.2) is 29.9 Å². The van der Waals surface area contributed by atoms with Crippen molar-refractivity contribution >= 4 is 17.6 Å². The molecule has 1 aromatic rings. The Hall–Kier alpha value is -1.88. The zero-order chi connectivity index (χ0) is 14.0. The molecule has 2 N–H and O–H groups in total. The van der Waals surface area contributed by atoms with Gasteiger partial charge in [0.05, 0.1) is 11.6 Å². The lowest BCUT2D eigenvalue weighted by Crippen LogP contribution is -2.56. The van der Waals surface area contributed by atoms with Gasteiger partial charge < -0.3 is 10.6 Å². The third-order valence-electron chi connectivity index (χ3n) is 3.41. The fourth-order valence-electron chi connectivity index (χ4n) is 2.23. The van der Waals surface area contributed by atoms with Crippen LogP contribution in [0.3, 0.4) is 0 Å². The van der Waals surface area contributed by atoms with Gasteiger partial charge in [0.15, 0.2) is 0 Å². The van der Waals surface area contributed by atoms with Crippen molar-refractivity contribution in [3.8, 4) is 0 Å². The molecule has 102 valence electrons. The summed E-state index contributed by atoms with van der Waals surface area (Å²) >= 11 is 0. The molecule has 1 fully saturated rings. The monoisotopic (exact) mass is 261 g/mol. The van der Waals surface area contributed by atoms with E-state index in [9.17, 15) is 9.59 Å². The number of benzene rings is 1. The first-order valence-corrected chi connectivity index (χ1v) is 6.50. The zero-order valence-electron chi connectivity index (χ0n) is 11.3. The predicted octanol–water partition coefficient (Wildman–Crippen LogP) is 1.57. The fourth-order valence-corrected chi connectivity index (χ4v) is 2.23. The van der Waals surface area contributed by atoms with Crippen LogP contribution in [-0.2, 0) is 11.3 Å². The van der Waals surface area contributed by atoms with Crippen LogP contribution in [0.1, 0.15) is 19.4 Å². The van der Waals surface area contributed by atoms with Crippen LogP contribution in [0.4, 0.5) is 10.5 Å². The second-order valence-electron chi connectivity index (χ2n) is 4.77. The van der Waals surface area contributed by atoms with E-state index in [1.165, 1.54) is 4.90 Å². The lowest BCUT2D eigenvalue weighted by atomic mass is 10.1. The number of hydrogen-bond donors (Lipinski definition) is 1. The minimum absolute atomic E-state index is 0.143. The van der Waals surface area contributed by atoms with E-state index < -0.39 is 0 Å². The maximum absolute atomic E-state index is 12.3. The van der Waals surface area contributed by atoms with Gasteiger partial charge in [0.25, 0.3) is 0 Å². The number of carbonyl (C=O) groups excluding carboxylic acids is 2. The van der Waals surface area contributed by atoms with Crippen molar-refractivity contribution in [2.45, 2.75) is 20.4 Å². The summed E-state index contributed by atoms with van der Waals surface area (Å²) in [4.78, 5) is 27.4. The van der Waals surface area contributed by atoms with Gasteiger partial charge in [-0.2, -0.15) is 0 Å². The lowest BCUT2D eigenvalue weighted by Gasteiger charge is -2.36. The van der Waals surface area contributed by atoms with Crippen molar-refractivity contribution in [1.29, 1.82) is 0 Å². The molecule has 5 heteroatoms. The van der Waals surface area contributed by atoms with E-state index in [1.807, 2.05) is 26.0 Å². The molecule has 1 saturated heterocycles. The second kappa shape index (κ2) is 5.40. The number of nitrogens with zero attached hydrogens (tertiary/aromatic N) is 2. The highest BCUT2D eigenvalue weighted by molar-refractivity contribution is 6.16. The molecule has 0 bridgehead atoms. The molecule has 19 heavy (non-hydrogen) atoms. The highest BCUT2D eigenvalue weighted by Gasteiger charge is 2.36. The Bertz CT molecular complexity index is 484. The molecule has 2 rings (SSSR count). The first-order valence-electron chi connectivity index (χ1n) is 6.50. The van der Waals surface area contributed by atoms with E-state index >= 15 is 0 Å². The van der Waals surface area contributed by atoms with Crippen LogP contribution < -0.4 is 10.6 Å². The van der Waals surface area contributed by atoms with E-state index in [4.69, 9.17) is 5.73 Å². The minimum atomic E-state index is -0.244. The normalized spacial score (nSPS) is 20.1. The topological polar surface area (TPSA) is 66.6 Å². The molecule has 1 aromatic carbocycles. The van der Waals surface area contributed by atoms with Gasteiger partial charge in [-0.25, -0.2) is 9.69 Å². The van der Waals surface area contributed by atoms with Crippen LogP contribution >= 0.6 is 0 Å². The average molecular weight is 261 g/mol. The third-order valence-corrected chi connectivity index (χ3v) is 3.41.